The molecule has 1 amide bonds. The summed E-state index contributed by atoms with van der Waals surface area (Å²) in [6.07, 6.45) is -0.245. The molecular formula is C12H24N2O3. The lowest BCUT2D eigenvalue weighted by Crippen LogP contribution is -2.52. The van der Waals surface area contributed by atoms with Gasteiger partial charge in [-0.25, -0.2) is 0 Å². The first kappa shape index (κ1) is 14.4. The number of carbonyl (C=O) groups excluding carboxylic acids is 1. The number of nitrogens with one attached hydrogen (secondary N) is 1. The Morgan fingerprint density at radius 3 is 2.88 bits per heavy atom. The average Bonchev–Trinajstić information content (AvgIpc) is 2.34. The van der Waals surface area contributed by atoms with Crippen LogP contribution in [0.3, 0.4) is 0 Å². The van der Waals surface area contributed by atoms with Crippen LogP contribution in [0.5, 0.6) is 0 Å². The zero-order chi connectivity index (χ0) is 12.8. The van der Waals surface area contributed by atoms with E-state index in [1.165, 1.54) is 0 Å². The SMILES string of the molecule is CCNCC(C)C(=O)N1CC(C)OC(CO)C1. The van der Waals surface area contributed by atoms with Crippen LogP contribution in [-0.2, 0) is 9.53 Å². The molecule has 100 valence electrons. The highest BCUT2D eigenvalue weighted by Gasteiger charge is 2.29. The molecule has 5 heteroatoms. The lowest BCUT2D eigenvalue weighted by atomic mass is 10.1. The molecule has 0 aliphatic carbocycles. The topological polar surface area (TPSA) is 61.8 Å². The minimum Gasteiger partial charge on any atom is -0.394 e. The first-order valence-electron chi connectivity index (χ1n) is 6.34. The van der Waals surface area contributed by atoms with E-state index in [2.05, 4.69) is 5.32 Å². The van der Waals surface area contributed by atoms with Crippen molar-refractivity contribution in [2.75, 3.05) is 32.8 Å². The summed E-state index contributed by atoms with van der Waals surface area (Å²) in [4.78, 5) is 14.0. The highest BCUT2D eigenvalue weighted by molar-refractivity contribution is 5.78. The standard InChI is InChI=1S/C12H24N2O3/c1-4-13-5-9(2)12(16)14-6-10(3)17-11(7-14)8-15/h9-11,13,15H,4-8H2,1-3H3. The molecule has 0 aromatic heterocycles. The third kappa shape index (κ3) is 4.26. The Hall–Kier alpha value is -0.650. The summed E-state index contributed by atoms with van der Waals surface area (Å²) in [6, 6.07) is 0. The predicted octanol–water partition coefficient (Wildman–Crippen LogP) is -0.160. The number of hydrogen-bond donors (Lipinski definition) is 2. The Bertz CT molecular complexity index is 248. The summed E-state index contributed by atoms with van der Waals surface area (Å²) in [7, 11) is 0. The van der Waals surface area contributed by atoms with E-state index >= 15 is 0 Å². The van der Waals surface area contributed by atoms with Crippen LogP contribution in [0.1, 0.15) is 20.8 Å². The number of aliphatic hydroxyl groups is 1. The summed E-state index contributed by atoms with van der Waals surface area (Å²) >= 11 is 0. The third-order valence-electron chi connectivity index (χ3n) is 2.96. The summed E-state index contributed by atoms with van der Waals surface area (Å²) in [6.45, 7) is 8.53. The number of nitrogens with zero attached hydrogens (tertiary/aromatic N) is 1. The van der Waals surface area contributed by atoms with Gasteiger partial charge in [0.05, 0.1) is 18.8 Å². The van der Waals surface area contributed by atoms with E-state index in [-0.39, 0.29) is 30.6 Å². The van der Waals surface area contributed by atoms with Crippen molar-refractivity contribution in [1.82, 2.24) is 10.2 Å². The zero-order valence-corrected chi connectivity index (χ0v) is 11.0. The van der Waals surface area contributed by atoms with E-state index in [0.29, 0.717) is 19.6 Å². The minimum absolute atomic E-state index is 0.00353. The van der Waals surface area contributed by atoms with E-state index < -0.39 is 0 Å². The molecular weight excluding hydrogens is 220 g/mol. The molecule has 0 saturated carbocycles. The Morgan fingerprint density at radius 2 is 2.29 bits per heavy atom. The van der Waals surface area contributed by atoms with Gasteiger partial charge in [-0.1, -0.05) is 13.8 Å². The van der Waals surface area contributed by atoms with Crippen molar-refractivity contribution < 1.29 is 14.6 Å². The van der Waals surface area contributed by atoms with Gasteiger partial charge >= 0.3 is 0 Å². The van der Waals surface area contributed by atoms with E-state index in [4.69, 9.17) is 9.84 Å². The molecule has 1 saturated heterocycles. The van der Waals surface area contributed by atoms with Gasteiger partial charge in [-0.05, 0) is 13.5 Å². The Balaban J connectivity index is 2.49. The van der Waals surface area contributed by atoms with Crippen LogP contribution in [0.25, 0.3) is 0 Å². The number of ether oxygens (including phenoxy) is 1. The highest BCUT2D eigenvalue weighted by atomic mass is 16.5. The normalized spacial score (nSPS) is 26.9. The lowest BCUT2D eigenvalue weighted by Gasteiger charge is -2.37. The fourth-order valence-electron chi connectivity index (χ4n) is 2.09. The van der Waals surface area contributed by atoms with Crippen LogP contribution < -0.4 is 5.32 Å². The van der Waals surface area contributed by atoms with Crippen LogP contribution >= 0.6 is 0 Å². The molecule has 1 fully saturated rings. The molecule has 3 atom stereocenters. The predicted molar refractivity (Wildman–Crippen MR) is 65.7 cm³/mol. The molecule has 1 rings (SSSR count). The monoisotopic (exact) mass is 244 g/mol. The Morgan fingerprint density at radius 1 is 1.59 bits per heavy atom. The number of aliphatic hydroxyl groups excluding tert-OH is 1. The molecule has 3 unspecified atom stereocenters. The second-order valence-electron chi connectivity index (χ2n) is 4.70. The molecule has 17 heavy (non-hydrogen) atoms. The van der Waals surface area contributed by atoms with E-state index in [1.54, 1.807) is 4.90 Å². The first-order valence-corrected chi connectivity index (χ1v) is 6.34. The van der Waals surface area contributed by atoms with Crippen LogP contribution in [0.15, 0.2) is 0 Å². The zero-order valence-electron chi connectivity index (χ0n) is 11.0. The smallest absolute Gasteiger partial charge is 0.226 e. The number of morpholine rings is 1. The second kappa shape index (κ2) is 6.93. The van der Waals surface area contributed by atoms with Gasteiger partial charge in [0.1, 0.15) is 0 Å². The molecule has 0 aromatic carbocycles. The van der Waals surface area contributed by atoms with Gasteiger partial charge in [-0.3, -0.25) is 4.79 Å². The first-order chi connectivity index (χ1) is 8.08. The molecule has 0 aromatic rings. The van der Waals surface area contributed by atoms with Gasteiger partial charge in [0, 0.05) is 25.6 Å². The summed E-state index contributed by atoms with van der Waals surface area (Å²) < 4.78 is 5.52. The number of amides is 1. The van der Waals surface area contributed by atoms with Gasteiger partial charge in [0.15, 0.2) is 0 Å². The van der Waals surface area contributed by atoms with Gasteiger partial charge in [-0.2, -0.15) is 0 Å². The van der Waals surface area contributed by atoms with E-state index in [0.717, 1.165) is 6.54 Å². The van der Waals surface area contributed by atoms with Crippen LogP contribution in [0.4, 0.5) is 0 Å². The average molecular weight is 244 g/mol. The number of rotatable bonds is 5. The van der Waals surface area contributed by atoms with Gasteiger partial charge in [0.25, 0.3) is 0 Å². The summed E-state index contributed by atoms with van der Waals surface area (Å²) in [5.74, 6) is 0.110. The Labute approximate surface area is 103 Å². The van der Waals surface area contributed by atoms with Crippen molar-refractivity contribution in [3.05, 3.63) is 0 Å². The van der Waals surface area contributed by atoms with Crippen LogP contribution in [0, 0.1) is 5.92 Å². The third-order valence-corrected chi connectivity index (χ3v) is 2.96. The molecule has 0 spiro atoms. The second-order valence-corrected chi connectivity index (χ2v) is 4.70. The maximum atomic E-state index is 12.2. The van der Waals surface area contributed by atoms with Crippen LogP contribution in [0.2, 0.25) is 0 Å². The fraction of sp³-hybridized carbons (Fsp3) is 0.917. The highest BCUT2D eigenvalue weighted by Crippen LogP contribution is 2.13. The van der Waals surface area contributed by atoms with Crippen LogP contribution in [-0.4, -0.2) is 60.9 Å². The van der Waals surface area contributed by atoms with E-state index in [1.807, 2.05) is 20.8 Å². The summed E-state index contributed by atoms with van der Waals surface area (Å²) in [5, 5.41) is 12.3. The molecule has 1 heterocycles. The fourth-order valence-corrected chi connectivity index (χ4v) is 2.09. The lowest BCUT2D eigenvalue weighted by molar-refractivity contribution is -0.150. The molecule has 1 aliphatic rings. The molecule has 5 nitrogen and oxygen atoms in total. The maximum Gasteiger partial charge on any atom is 0.226 e. The van der Waals surface area contributed by atoms with Crippen molar-refractivity contribution in [2.24, 2.45) is 5.92 Å². The molecule has 1 aliphatic heterocycles. The van der Waals surface area contributed by atoms with Gasteiger partial charge in [-0.15, -0.1) is 0 Å². The number of carbonyl (C=O) groups is 1. The van der Waals surface area contributed by atoms with Crippen molar-refractivity contribution in [3.63, 3.8) is 0 Å². The van der Waals surface area contributed by atoms with Crippen molar-refractivity contribution in [1.29, 1.82) is 0 Å². The molecule has 0 radical (unpaired) electrons. The summed E-state index contributed by atoms with van der Waals surface area (Å²) in [5.41, 5.74) is 0. The number of hydrogen-bond acceptors (Lipinski definition) is 4. The quantitative estimate of drug-likeness (QED) is 0.705. The van der Waals surface area contributed by atoms with Gasteiger partial charge in [0.2, 0.25) is 5.91 Å². The largest absolute Gasteiger partial charge is 0.394 e. The molecule has 2 N–H and O–H groups in total. The van der Waals surface area contributed by atoms with Gasteiger partial charge < -0.3 is 20.1 Å². The maximum absolute atomic E-state index is 12.2. The Kier molecular flexibility index (Phi) is 5.88. The molecule has 0 bridgehead atoms. The van der Waals surface area contributed by atoms with E-state index in [9.17, 15) is 4.79 Å². The minimum atomic E-state index is -0.242. The van der Waals surface area contributed by atoms with Crippen molar-refractivity contribution in [3.8, 4) is 0 Å². The van der Waals surface area contributed by atoms with Crippen molar-refractivity contribution >= 4 is 5.91 Å². The van der Waals surface area contributed by atoms with Crippen molar-refractivity contribution in [2.45, 2.75) is 33.0 Å².